The van der Waals surface area contributed by atoms with Gasteiger partial charge in [-0.25, -0.2) is 0 Å². The molecule has 1 aliphatic heterocycles. The van der Waals surface area contributed by atoms with Gasteiger partial charge in [0.1, 0.15) is 11.4 Å². The minimum atomic E-state index is -0.544. The number of methoxy groups -OCH3 is 1. The molecular weight excluding hydrogens is 248 g/mol. The summed E-state index contributed by atoms with van der Waals surface area (Å²) in [6.07, 6.45) is 0.284. The molecule has 2 rings (SSSR count). The number of fused-ring (bicyclic) bond motifs is 1. The van der Waals surface area contributed by atoms with Crippen LogP contribution in [0.3, 0.4) is 0 Å². The highest BCUT2D eigenvalue weighted by atomic mass is 16.6. The third kappa shape index (κ3) is 2.70. The summed E-state index contributed by atoms with van der Waals surface area (Å²) in [5, 5.41) is 0. The molecule has 0 fully saturated rings. The highest BCUT2D eigenvalue weighted by Gasteiger charge is 2.33. The van der Waals surface area contributed by atoms with Crippen molar-refractivity contribution in [2.45, 2.75) is 32.8 Å². The highest BCUT2D eigenvalue weighted by Crippen LogP contribution is 2.40. The van der Waals surface area contributed by atoms with Crippen LogP contribution in [0.4, 0.5) is 0 Å². The highest BCUT2D eigenvalue weighted by molar-refractivity contribution is 6.01. The van der Waals surface area contributed by atoms with Gasteiger partial charge in [-0.1, -0.05) is 0 Å². The van der Waals surface area contributed by atoms with Gasteiger partial charge in [0, 0.05) is 13.0 Å². The van der Waals surface area contributed by atoms with Gasteiger partial charge in [0.2, 0.25) is 0 Å². The van der Waals surface area contributed by atoms with Crippen molar-refractivity contribution in [3.05, 3.63) is 17.7 Å². The summed E-state index contributed by atoms with van der Waals surface area (Å²) < 4.78 is 15.9. The SMILES string of the molecule is COc1cc2c(cc1OC(C)=O)C(=O)CC(C)(C)O2. The van der Waals surface area contributed by atoms with Gasteiger partial charge in [0.15, 0.2) is 17.3 Å². The number of hydrogen-bond acceptors (Lipinski definition) is 5. The van der Waals surface area contributed by atoms with E-state index in [4.69, 9.17) is 14.2 Å². The van der Waals surface area contributed by atoms with E-state index >= 15 is 0 Å². The molecule has 5 nitrogen and oxygen atoms in total. The zero-order valence-corrected chi connectivity index (χ0v) is 11.4. The van der Waals surface area contributed by atoms with Gasteiger partial charge in [-0.2, -0.15) is 0 Å². The van der Waals surface area contributed by atoms with Gasteiger partial charge in [-0.05, 0) is 19.9 Å². The third-order valence-electron chi connectivity index (χ3n) is 2.79. The second-order valence-corrected chi connectivity index (χ2v) is 5.05. The number of rotatable bonds is 2. The fourth-order valence-corrected chi connectivity index (χ4v) is 2.05. The largest absolute Gasteiger partial charge is 0.493 e. The molecule has 102 valence electrons. The van der Waals surface area contributed by atoms with Crippen molar-refractivity contribution < 1.29 is 23.8 Å². The topological polar surface area (TPSA) is 61.8 Å². The van der Waals surface area contributed by atoms with E-state index in [1.807, 2.05) is 13.8 Å². The van der Waals surface area contributed by atoms with Crippen LogP contribution < -0.4 is 14.2 Å². The van der Waals surface area contributed by atoms with Gasteiger partial charge < -0.3 is 14.2 Å². The number of carbonyl (C=O) groups is 2. The zero-order valence-electron chi connectivity index (χ0n) is 11.4. The van der Waals surface area contributed by atoms with Gasteiger partial charge >= 0.3 is 5.97 Å². The summed E-state index contributed by atoms with van der Waals surface area (Å²) in [6, 6.07) is 3.07. The van der Waals surface area contributed by atoms with Gasteiger partial charge in [-0.3, -0.25) is 9.59 Å². The van der Waals surface area contributed by atoms with Crippen LogP contribution in [0, 0.1) is 0 Å². The number of carbonyl (C=O) groups excluding carboxylic acids is 2. The first-order valence-electron chi connectivity index (χ1n) is 5.95. The molecule has 0 spiro atoms. The third-order valence-corrected chi connectivity index (χ3v) is 2.79. The van der Waals surface area contributed by atoms with Gasteiger partial charge in [0.05, 0.1) is 19.1 Å². The number of Topliss-reactive ketones (excluding diaryl/α,β-unsaturated/α-hetero) is 1. The van der Waals surface area contributed by atoms with Crippen molar-refractivity contribution in [3.63, 3.8) is 0 Å². The molecule has 19 heavy (non-hydrogen) atoms. The lowest BCUT2D eigenvalue weighted by Crippen LogP contribution is -2.35. The second kappa shape index (κ2) is 4.57. The van der Waals surface area contributed by atoms with Crippen LogP contribution in [0.15, 0.2) is 12.1 Å². The van der Waals surface area contributed by atoms with Gasteiger partial charge in [-0.15, -0.1) is 0 Å². The summed E-state index contributed by atoms with van der Waals surface area (Å²) in [7, 11) is 1.46. The smallest absolute Gasteiger partial charge is 0.308 e. The molecule has 1 aromatic rings. The van der Waals surface area contributed by atoms with Gasteiger partial charge in [0.25, 0.3) is 0 Å². The van der Waals surface area contributed by atoms with Crippen molar-refractivity contribution in [3.8, 4) is 17.2 Å². The predicted octanol–water partition coefficient (Wildman–Crippen LogP) is 2.36. The van der Waals surface area contributed by atoms with Crippen molar-refractivity contribution in [2.75, 3.05) is 7.11 Å². The molecule has 1 heterocycles. The van der Waals surface area contributed by atoms with E-state index in [1.165, 1.54) is 20.1 Å². The predicted molar refractivity (Wildman–Crippen MR) is 68.0 cm³/mol. The molecule has 1 aliphatic rings. The number of ketones is 1. The van der Waals surface area contributed by atoms with E-state index in [0.29, 0.717) is 17.1 Å². The first-order chi connectivity index (χ1) is 8.82. The molecule has 0 aromatic heterocycles. The summed E-state index contributed by atoms with van der Waals surface area (Å²) in [5.74, 6) is 0.531. The van der Waals surface area contributed by atoms with Crippen LogP contribution >= 0.6 is 0 Å². The lowest BCUT2D eigenvalue weighted by atomic mass is 9.93. The molecule has 0 bridgehead atoms. The van der Waals surface area contributed by atoms with Crippen LogP contribution in [0.2, 0.25) is 0 Å². The molecule has 0 N–H and O–H groups in total. The molecule has 0 radical (unpaired) electrons. The van der Waals surface area contributed by atoms with E-state index < -0.39 is 11.6 Å². The first-order valence-corrected chi connectivity index (χ1v) is 5.95. The Balaban J connectivity index is 2.50. The maximum atomic E-state index is 12.1. The lowest BCUT2D eigenvalue weighted by Gasteiger charge is -2.32. The Kier molecular flexibility index (Phi) is 3.22. The van der Waals surface area contributed by atoms with Crippen molar-refractivity contribution in [1.29, 1.82) is 0 Å². The molecule has 0 saturated carbocycles. The van der Waals surface area contributed by atoms with E-state index in [1.54, 1.807) is 6.07 Å². The monoisotopic (exact) mass is 264 g/mol. The average Bonchev–Trinajstić information content (AvgIpc) is 2.27. The van der Waals surface area contributed by atoms with Crippen LogP contribution in [-0.4, -0.2) is 24.5 Å². The first kappa shape index (κ1) is 13.4. The maximum absolute atomic E-state index is 12.1. The van der Waals surface area contributed by atoms with Crippen molar-refractivity contribution in [2.24, 2.45) is 0 Å². The Morgan fingerprint density at radius 2 is 2.00 bits per heavy atom. The van der Waals surface area contributed by atoms with E-state index in [-0.39, 0.29) is 18.0 Å². The molecular formula is C14H16O5. The Morgan fingerprint density at radius 3 is 2.58 bits per heavy atom. The minimum absolute atomic E-state index is 0.0395. The molecule has 0 amide bonds. The quantitative estimate of drug-likeness (QED) is 0.606. The Labute approximate surface area is 111 Å². The number of ether oxygens (including phenoxy) is 3. The molecule has 5 heteroatoms. The van der Waals surface area contributed by atoms with Crippen LogP contribution in [0.1, 0.15) is 37.6 Å². The van der Waals surface area contributed by atoms with Crippen molar-refractivity contribution in [1.82, 2.24) is 0 Å². The molecule has 0 atom stereocenters. The van der Waals surface area contributed by atoms with Crippen LogP contribution in [-0.2, 0) is 4.79 Å². The Morgan fingerprint density at radius 1 is 1.32 bits per heavy atom. The summed E-state index contributed by atoms with van der Waals surface area (Å²) >= 11 is 0. The number of hydrogen-bond donors (Lipinski definition) is 0. The molecule has 0 saturated heterocycles. The van der Waals surface area contributed by atoms with Crippen LogP contribution in [0.5, 0.6) is 17.2 Å². The van der Waals surface area contributed by atoms with E-state index in [0.717, 1.165) is 0 Å². The number of esters is 1. The van der Waals surface area contributed by atoms with Crippen molar-refractivity contribution >= 4 is 11.8 Å². The Bertz CT molecular complexity index is 545. The number of benzene rings is 1. The fraction of sp³-hybridized carbons (Fsp3) is 0.429. The minimum Gasteiger partial charge on any atom is -0.493 e. The Hall–Kier alpha value is -2.04. The molecule has 1 aromatic carbocycles. The maximum Gasteiger partial charge on any atom is 0.308 e. The fourth-order valence-electron chi connectivity index (χ4n) is 2.05. The second-order valence-electron chi connectivity index (χ2n) is 5.05. The van der Waals surface area contributed by atoms with E-state index in [9.17, 15) is 9.59 Å². The lowest BCUT2D eigenvalue weighted by molar-refractivity contribution is -0.132. The zero-order chi connectivity index (χ0) is 14.2. The summed E-state index contributed by atoms with van der Waals surface area (Å²) in [5.41, 5.74) is -0.130. The average molecular weight is 264 g/mol. The standard InChI is InChI=1S/C14H16O5/c1-8(15)18-13-5-9-10(16)7-14(2,3)19-11(9)6-12(13)17-4/h5-6H,7H2,1-4H3. The van der Waals surface area contributed by atoms with E-state index in [2.05, 4.69) is 0 Å². The summed E-state index contributed by atoms with van der Waals surface area (Å²) in [6.45, 7) is 4.99. The molecule has 0 aliphatic carbocycles. The normalized spacial score (nSPS) is 16.3. The van der Waals surface area contributed by atoms with Crippen LogP contribution in [0.25, 0.3) is 0 Å². The molecule has 0 unspecified atom stereocenters. The summed E-state index contributed by atoms with van der Waals surface area (Å²) in [4.78, 5) is 23.1.